The summed E-state index contributed by atoms with van der Waals surface area (Å²) in [4.78, 5) is 12.5. The Kier molecular flexibility index (Phi) is 3.42. The van der Waals surface area contributed by atoms with Crippen LogP contribution in [0.1, 0.15) is 5.56 Å². The summed E-state index contributed by atoms with van der Waals surface area (Å²) in [6.07, 6.45) is 7.71. The SMILES string of the molecule is c1ccc(CNc2nc(-c3ccc4[nH]ccc4c3)cn3ccnc23)cc1. The number of hydrogen-bond donors (Lipinski definition) is 2. The molecule has 0 atom stereocenters. The van der Waals surface area contributed by atoms with E-state index in [1.165, 1.54) is 10.9 Å². The molecule has 5 aromatic rings. The van der Waals surface area contributed by atoms with Gasteiger partial charge in [-0.15, -0.1) is 0 Å². The van der Waals surface area contributed by atoms with Gasteiger partial charge in [0.25, 0.3) is 0 Å². The van der Waals surface area contributed by atoms with Crippen LogP contribution in [0.5, 0.6) is 0 Å². The van der Waals surface area contributed by atoms with Crippen LogP contribution in [0.25, 0.3) is 27.8 Å². The zero-order valence-corrected chi connectivity index (χ0v) is 14.1. The molecular formula is C21H17N5. The third-order valence-corrected chi connectivity index (χ3v) is 4.53. The quantitative estimate of drug-likeness (QED) is 0.507. The van der Waals surface area contributed by atoms with Crippen molar-refractivity contribution in [2.45, 2.75) is 6.54 Å². The van der Waals surface area contributed by atoms with E-state index in [0.29, 0.717) is 6.54 Å². The third kappa shape index (κ3) is 2.59. The summed E-state index contributed by atoms with van der Waals surface area (Å²) in [5.74, 6) is 0.783. The van der Waals surface area contributed by atoms with E-state index in [1.54, 1.807) is 6.20 Å². The lowest BCUT2D eigenvalue weighted by molar-refractivity contribution is 1.07. The Labute approximate surface area is 150 Å². The van der Waals surface area contributed by atoms with Crippen LogP contribution >= 0.6 is 0 Å². The van der Waals surface area contributed by atoms with Crippen LogP contribution in [0.2, 0.25) is 0 Å². The first kappa shape index (κ1) is 14.7. The van der Waals surface area contributed by atoms with Crippen molar-refractivity contribution in [1.82, 2.24) is 19.4 Å². The van der Waals surface area contributed by atoms with Gasteiger partial charge in [-0.2, -0.15) is 0 Å². The number of benzene rings is 2. The molecular weight excluding hydrogens is 322 g/mol. The van der Waals surface area contributed by atoms with Gasteiger partial charge in [0.2, 0.25) is 0 Å². The molecule has 0 saturated heterocycles. The van der Waals surface area contributed by atoms with E-state index < -0.39 is 0 Å². The summed E-state index contributed by atoms with van der Waals surface area (Å²) in [6.45, 7) is 0.705. The number of rotatable bonds is 4. The molecule has 0 aliphatic heterocycles. The molecule has 5 heteroatoms. The first-order chi connectivity index (χ1) is 12.9. The molecule has 26 heavy (non-hydrogen) atoms. The number of nitrogens with one attached hydrogen (secondary N) is 2. The Morgan fingerprint density at radius 2 is 1.96 bits per heavy atom. The first-order valence-corrected chi connectivity index (χ1v) is 8.56. The maximum absolute atomic E-state index is 4.84. The van der Waals surface area contributed by atoms with Crippen LogP contribution in [0.15, 0.2) is 79.4 Å². The summed E-state index contributed by atoms with van der Waals surface area (Å²) < 4.78 is 2.01. The van der Waals surface area contributed by atoms with Crippen LogP contribution < -0.4 is 5.32 Å². The zero-order valence-electron chi connectivity index (χ0n) is 14.1. The summed E-state index contributed by atoms with van der Waals surface area (Å²) in [7, 11) is 0. The minimum atomic E-state index is 0.705. The normalized spacial score (nSPS) is 11.2. The average molecular weight is 339 g/mol. The van der Waals surface area contributed by atoms with Gasteiger partial charge in [0.05, 0.1) is 5.69 Å². The number of anilines is 1. The highest BCUT2D eigenvalue weighted by atomic mass is 15.1. The maximum atomic E-state index is 4.84. The van der Waals surface area contributed by atoms with Gasteiger partial charge in [-0.1, -0.05) is 36.4 Å². The minimum absolute atomic E-state index is 0.705. The molecule has 2 N–H and O–H groups in total. The predicted molar refractivity (Wildman–Crippen MR) is 104 cm³/mol. The van der Waals surface area contributed by atoms with E-state index in [1.807, 2.05) is 41.2 Å². The fourth-order valence-corrected chi connectivity index (χ4v) is 3.18. The highest BCUT2D eigenvalue weighted by Crippen LogP contribution is 2.25. The van der Waals surface area contributed by atoms with Crippen molar-refractivity contribution in [3.8, 4) is 11.3 Å². The van der Waals surface area contributed by atoms with E-state index in [9.17, 15) is 0 Å². The molecule has 0 bridgehead atoms. The van der Waals surface area contributed by atoms with Crippen molar-refractivity contribution in [1.29, 1.82) is 0 Å². The van der Waals surface area contributed by atoms with Crippen molar-refractivity contribution in [2.24, 2.45) is 0 Å². The smallest absolute Gasteiger partial charge is 0.180 e. The predicted octanol–water partition coefficient (Wildman–Crippen LogP) is 4.49. The fraction of sp³-hybridized carbons (Fsp3) is 0.0476. The molecule has 2 aromatic carbocycles. The molecule has 0 spiro atoms. The standard InChI is InChI=1S/C21H17N5/c1-2-4-15(5-3-1)13-24-20-21-23-10-11-26(21)14-19(25-20)16-6-7-18-17(12-16)8-9-22-18/h1-12,14,22H,13H2,(H,24,25). The summed E-state index contributed by atoms with van der Waals surface area (Å²) in [6, 6.07) is 18.7. The average Bonchev–Trinajstić information content (AvgIpc) is 3.35. The van der Waals surface area contributed by atoms with Gasteiger partial charge < -0.3 is 14.7 Å². The Balaban J connectivity index is 1.56. The Bertz CT molecular complexity index is 1190. The van der Waals surface area contributed by atoms with Crippen molar-refractivity contribution in [2.75, 3.05) is 5.32 Å². The van der Waals surface area contributed by atoms with Crippen molar-refractivity contribution >= 4 is 22.4 Å². The van der Waals surface area contributed by atoms with E-state index in [4.69, 9.17) is 4.98 Å². The molecule has 0 unspecified atom stereocenters. The highest BCUT2D eigenvalue weighted by molar-refractivity contribution is 5.84. The monoisotopic (exact) mass is 339 g/mol. The second-order valence-electron chi connectivity index (χ2n) is 6.25. The van der Waals surface area contributed by atoms with Gasteiger partial charge in [0.15, 0.2) is 11.5 Å². The van der Waals surface area contributed by atoms with Crippen LogP contribution in [-0.2, 0) is 6.54 Å². The second-order valence-corrected chi connectivity index (χ2v) is 6.25. The van der Waals surface area contributed by atoms with E-state index in [2.05, 4.69) is 51.7 Å². The van der Waals surface area contributed by atoms with Crippen LogP contribution in [-0.4, -0.2) is 19.4 Å². The Hall–Kier alpha value is -3.60. The Morgan fingerprint density at radius 1 is 1.04 bits per heavy atom. The molecule has 0 amide bonds. The molecule has 0 aliphatic carbocycles. The molecule has 5 nitrogen and oxygen atoms in total. The van der Waals surface area contributed by atoms with Gasteiger partial charge in [-0.25, -0.2) is 9.97 Å². The fourth-order valence-electron chi connectivity index (χ4n) is 3.18. The van der Waals surface area contributed by atoms with E-state index in [0.717, 1.165) is 28.2 Å². The summed E-state index contributed by atoms with van der Waals surface area (Å²) >= 11 is 0. The summed E-state index contributed by atoms with van der Waals surface area (Å²) in [5, 5.41) is 4.61. The lowest BCUT2D eigenvalue weighted by atomic mass is 10.1. The number of hydrogen-bond acceptors (Lipinski definition) is 3. The number of nitrogens with zero attached hydrogens (tertiary/aromatic N) is 3. The number of aromatic nitrogens is 4. The van der Waals surface area contributed by atoms with Crippen molar-refractivity contribution in [3.63, 3.8) is 0 Å². The van der Waals surface area contributed by atoms with Crippen molar-refractivity contribution < 1.29 is 0 Å². The first-order valence-electron chi connectivity index (χ1n) is 8.56. The molecule has 3 heterocycles. The van der Waals surface area contributed by atoms with Crippen molar-refractivity contribution in [3.05, 3.63) is 84.9 Å². The highest BCUT2D eigenvalue weighted by Gasteiger charge is 2.10. The number of aromatic amines is 1. The molecule has 0 radical (unpaired) electrons. The third-order valence-electron chi connectivity index (χ3n) is 4.53. The van der Waals surface area contributed by atoms with Crippen LogP contribution in [0, 0.1) is 0 Å². The number of fused-ring (bicyclic) bond motifs is 2. The second kappa shape index (κ2) is 6.04. The number of H-pyrrole nitrogens is 1. The number of imidazole rings is 1. The Morgan fingerprint density at radius 3 is 2.88 bits per heavy atom. The lowest BCUT2D eigenvalue weighted by Crippen LogP contribution is -2.05. The van der Waals surface area contributed by atoms with E-state index in [-0.39, 0.29) is 0 Å². The molecule has 0 fully saturated rings. The van der Waals surface area contributed by atoms with Crippen LogP contribution in [0.4, 0.5) is 5.82 Å². The maximum Gasteiger partial charge on any atom is 0.180 e. The molecule has 126 valence electrons. The molecule has 5 rings (SSSR count). The van der Waals surface area contributed by atoms with Gasteiger partial charge in [-0.05, 0) is 23.8 Å². The van der Waals surface area contributed by atoms with Gasteiger partial charge in [-0.3, -0.25) is 0 Å². The zero-order chi connectivity index (χ0) is 17.3. The van der Waals surface area contributed by atoms with Crippen LogP contribution in [0.3, 0.4) is 0 Å². The largest absolute Gasteiger partial charge is 0.363 e. The van der Waals surface area contributed by atoms with Gasteiger partial charge in [0, 0.05) is 47.8 Å². The summed E-state index contributed by atoms with van der Waals surface area (Å²) in [5.41, 5.74) is 5.15. The van der Waals surface area contributed by atoms with Gasteiger partial charge >= 0.3 is 0 Å². The molecule has 0 saturated carbocycles. The van der Waals surface area contributed by atoms with Gasteiger partial charge in [0.1, 0.15) is 0 Å². The lowest BCUT2D eigenvalue weighted by Gasteiger charge is -2.10. The molecule has 3 aromatic heterocycles. The minimum Gasteiger partial charge on any atom is -0.363 e. The molecule has 0 aliphatic rings. The topological polar surface area (TPSA) is 58.0 Å². The van der Waals surface area contributed by atoms with E-state index >= 15 is 0 Å².